The summed E-state index contributed by atoms with van der Waals surface area (Å²) in [6.45, 7) is 2.52. The van der Waals surface area contributed by atoms with Gasteiger partial charge in [-0.25, -0.2) is 4.98 Å². The van der Waals surface area contributed by atoms with Gasteiger partial charge >= 0.3 is 6.18 Å². The number of alkyl halides is 3. The quantitative estimate of drug-likeness (QED) is 0.333. The standard InChI is InChI=1S/C32H34F3N5O3/c1-30(2,19-32(33,34)35)29(43)40(17-22-8-5-4-7-21(22)16-36-3)18-26(41)38-24-11-10-20-14-31(15-23(20)13-24)25-9-6-12-37-27(25)39-28(31)42/h4-13,36H,14-19H2,1-3H3,(H,38,41)(H,37,39,42)/t31-/m1/s1. The predicted octanol–water partition coefficient (Wildman–Crippen LogP) is 4.74. The van der Waals surface area contributed by atoms with Crippen molar-refractivity contribution in [3.63, 3.8) is 0 Å². The van der Waals surface area contributed by atoms with Crippen LogP contribution in [0, 0.1) is 5.41 Å². The summed E-state index contributed by atoms with van der Waals surface area (Å²) in [4.78, 5) is 45.3. The number of pyridine rings is 1. The zero-order chi connectivity index (χ0) is 31.0. The van der Waals surface area contributed by atoms with E-state index in [4.69, 9.17) is 0 Å². The third kappa shape index (κ3) is 6.27. The van der Waals surface area contributed by atoms with Gasteiger partial charge in [-0.3, -0.25) is 14.4 Å². The maximum absolute atomic E-state index is 13.5. The summed E-state index contributed by atoms with van der Waals surface area (Å²) in [7, 11) is 1.77. The minimum Gasteiger partial charge on any atom is -0.329 e. The van der Waals surface area contributed by atoms with Crippen LogP contribution in [-0.4, -0.2) is 47.4 Å². The molecule has 2 heterocycles. The summed E-state index contributed by atoms with van der Waals surface area (Å²) in [6.07, 6.45) is -3.29. The molecule has 0 radical (unpaired) electrons. The molecule has 1 aliphatic carbocycles. The lowest BCUT2D eigenvalue weighted by molar-refractivity contribution is -0.170. The van der Waals surface area contributed by atoms with Gasteiger partial charge in [0.05, 0.1) is 17.3 Å². The number of carbonyl (C=O) groups excluding carboxylic acids is 3. The second-order valence-corrected chi connectivity index (χ2v) is 12.0. The zero-order valence-corrected chi connectivity index (χ0v) is 24.3. The van der Waals surface area contributed by atoms with Crippen LogP contribution in [0.15, 0.2) is 60.8 Å². The highest BCUT2D eigenvalue weighted by atomic mass is 19.4. The molecular formula is C32H34F3N5O3. The van der Waals surface area contributed by atoms with Gasteiger partial charge in [-0.2, -0.15) is 13.2 Å². The van der Waals surface area contributed by atoms with E-state index >= 15 is 0 Å². The summed E-state index contributed by atoms with van der Waals surface area (Å²) < 4.78 is 40.1. The van der Waals surface area contributed by atoms with E-state index in [0.717, 1.165) is 27.8 Å². The van der Waals surface area contributed by atoms with Crippen molar-refractivity contribution in [3.05, 3.63) is 88.6 Å². The first-order valence-corrected chi connectivity index (χ1v) is 14.1. The summed E-state index contributed by atoms with van der Waals surface area (Å²) in [5.41, 5.74) is 2.28. The molecule has 0 saturated carbocycles. The number of fused-ring (bicyclic) bond motifs is 3. The van der Waals surface area contributed by atoms with E-state index in [1.807, 2.05) is 30.3 Å². The molecule has 226 valence electrons. The first kappa shape index (κ1) is 30.2. The second-order valence-electron chi connectivity index (χ2n) is 12.0. The van der Waals surface area contributed by atoms with Crippen molar-refractivity contribution in [3.8, 4) is 0 Å². The van der Waals surface area contributed by atoms with E-state index in [1.165, 1.54) is 18.7 Å². The average molecular weight is 594 g/mol. The maximum atomic E-state index is 13.5. The number of aromatic nitrogens is 1. The highest BCUT2D eigenvalue weighted by molar-refractivity contribution is 6.06. The molecule has 2 aromatic carbocycles. The minimum atomic E-state index is -4.55. The molecule has 11 heteroatoms. The number of hydrogen-bond donors (Lipinski definition) is 3. The van der Waals surface area contributed by atoms with Crippen molar-refractivity contribution < 1.29 is 27.6 Å². The Morgan fingerprint density at radius 2 is 1.74 bits per heavy atom. The predicted molar refractivity (Wildman–Crippen MR) is 156 cm³/mol. The van der Waals surface area contributed by atoms with E-state index in [-0.39, 0.29) is 12.5 Å². The average Bonchev–Trinajstić information content (AvgIpc) is 3.44. The molecule has 3 amide bonds. The van der Waals surface area contributed by atoms with Crippen LogP contribution >= 0.6 is 0 Å². The highest BCUT2D eigenvalue weighted by Gasteiger charge is 2.51. The lowest BCUT2D eigenvalue weighted by atomic mass is 9.79. The van der Waals surface area contributed by atoms with Gasteiger partial charge in [0, 0.05) is 30.5 Å². The van der Waals surface area contributed by atoms with Crippen molar-refractivity contribution in [2.75, 3.05) is 24.2 Å². The van der Waals surface area contributed by atoms with E-state index in [9.17, 15) is 27.6 Å². The fraction of sp³-hybridized carbons (Fsp3) is 0.375. The molecule has 8 nitrogen and oxygen atoms in total. The topological polar surface area (TPSA) is 103 Å². The molecule has 1 atom stereocenters. The molecule has 5 rings (SSSR count). The number of halogens is 3. The van der Waals surface area contributed by atoms with Crippen molar-refractivity contribution in [2.45, 2.75) is 57.8 Å². The van der Waals surface area contributed by atoms with E-state index < -0.39 is 41.8 Å². The van der Waals surface area contributed by atoms with E-state index in [0.29, 0.717) is 30.9 Å². The van der Waals surface area contributed by atoms with E-state index in [2.05, 4.69) is 20.9 Å². The van der Waals surface area contributed by atoms with Crippen LogP contribution in [0.2, 0.25) is 0 Å². The van der Waals surface area contributed by atoms with Gasteiger partial charge in [-0.1, -0.05) is 50.2 Å². The van der Waals surface area contributed by atoms with Crippen molar-refractivity contribution >= 4 is 29.2 Å². The summed E-state index contributed by atoms with van der Waals surface area (Å²) in [5, 5.41) is 8.73. The van der Waals surface area contributed by atoms with Crippen LogP contribution < -0.4 is 16.0 Å². The van der Waals surface area contributed by atoms with Gasteiger partial charge in [0.2, 0.25) is 17.7 Å². The van der Waals surface area contributed by atoms with Crippen molar-refractivity contribution in [1.29, 1.82) is 0 Å². The van der Waals surface area contributed by atoms with Crippen LogP contribution in [0.4, 0.5) is 24.7 Å². The summed E-state index contributed by atoms with van der Waals surface area (Å²) in [5.74, 6) is -0.863. The SMILES string of the molecule is CNCc1ccccc1CN(CC(=O)Nc1ccc2c(c1)C[C@@]1(C2)C(=O)Nc2ncccc21)C(=O)C(C)(C)CC(F)(F)F. The molecular weight excluding hydrogens is 559 g/mol. The molecule has 43 heavy (non-hydrogen) atoms. The third-order valence-corrected chi connectivity index (χ3v) is 8.15. The minimum absolute atomic E-state index is 0.0271. The Bertz CT molecular complexity index is 1570. The number of anilines is 2. The van der Waals surface area contributed by atoms with Crippen LogP contribution in [0.1, 0.15) is 48.1 Å². The van der Waals surface area contributed by atoms with Gasteiger partial charge in [0.1, 0.15) is 12.4 Å². The molecule has 0 unspecified atom stereocenters. The molecule has 3 aromatic rings. The first-order chi connectivity index (χ1) is 20.3. The van der Waals surface area contributed by atoms with Crippen molar-refractivity contribution in [2.24, 2.45) is 5.41 Å². The fourth-order valence-corrected chi connectivity index (χ4v) is 6.20. The van der Waals surface area contributed by atoms with Crippen LogP contribution in [0.25, 0.3) is 0 Å². The van der Waals surface area contributed by atoms with Gasteiger partial charge in [0.25, 0.3) is 0 Å². The highest BCUT2D eigenvalue weighted by Crippen LogP contribution is 2.47. The lowest BCUT2D eigenvalue weighted by Crippen LogP contribution is -2.46. The summed E-state index contributed by atoms with van der Waals surface area (Å²) in [6, 6.07) is 16.4. The Kier molecular flexibility index (Phi) is 8.04. The van der Waals surface area contributed by atoms with Crippen molar-refractivity contribution in [1.82, 2.24) is 15.2 Å². The van der Waals surface area contributed by atoms with Crippen LogP contribution in [0.3, 0.4) is 0 Å². The molecule has 1 spiro atoms. The zero-order valence-electron chi connectivity index (χ0n) is 24.3. The Morgan fingerprint density at radius 3 is 2.47 bits per heavy atom. The Morgan fingerprint density at radius 1 is 1.02 bits per heavy atom. The molecule has 3 N–H and O–H groups in total. The molecule has 0 saturated heterocycles. The number of nitrogens with zero attached hydrogens (tertiary/aromatic N) is 2. The third-order valence-electron chi connectivity index (χ3n) is 8.15. The molecule has 1 aliphatic heterocycles. The Labute approximate surface area is 248 Å². The number of benzene rings is 2. The maximum Gasteiger partial charge on any atom is 0.390 e. The smallest absolute Gasteiger partial charge is 0.329 e. The van der Waals surface area contributed by atoms with Gasteiger partial charge in [0.15, 0.2) is 0 Å². The van der Waals surface area contributed by atoms with Gasteiger partial charge in [-0.15, -0.1) is 0 Å². The Hall–Kier alpha value is -4.25. The number of amides is 3. The number of carbonyl (C=O) groups is 3. The Balaban J connectivity index is 1.35. The lowest BCUT2D eigenvalue weighted by Gasteiger charge is -2.32. The molecule has 0 bridgehead atoms. The molecule has 0 fully saturated rings. The fourth-order valence-electron chi connectivity index (χ4n) is 6.20. The summed E-state index contributed by atoms with van der Waals surface area (Å²) >= 11 is 0. The number of rotatable bonds is 9. The first-order valence-electron chi connectivity index (χ1n) is 14.1. The normalized spacial score (nSPS) is 17.4. The number of nitrogens with one attached hydrogen (secondary N) is 3. The van der Waals surface area contributed by atoms with Crippen LogP contribution in [-0.2, 0) is 45.7 Å². The monoisotopic (exact) mass is 593 g/mol. The van der Waals surface area contributed by atoms with Gasteiger partial charge < -0.3 is 20.9 Å². The second kappa shape index (κ2) is 11.4. The largest absolute Gasteiger partial charge is 0.390 e. The van der Waals surface area contributed by atoms with Gasteiger partial charge in [-0.05, 0) is 60.3 Å². The van der Waals surface area contributed by atoms with E-state index in [1.54, 1.807) is 37.5 Å². The molecule has 1 aromatic heterocycles. The molecule has 2 aliphatic rings. The number of hydrogen-bond acceptors (Lipinski definition) is 5. The van der Waals surface area contributed by atoms with Crippen LogP contribution in [0.5, 0.6) is 0 Å².